The molecule has 1 saturated heterocycles. The van der Waals surface area contributed by atoms with Crippen molar-refractivity contribution in [1.29, 1.82) is 0 Å². The molecule has 0 saturated carbocycles. The Morgan fingerprint density at radius 3 is 2.25 bits per heavy atom. The Kier molecular flexibility index (Phi) is 3.57. The number of hydrogen-bond donors (Lipinski definition) is 0. The molecule has 1 fully saturated rings. The molecule has 0 amide bonds. The van der Waals surface area contributed by atoms with Crippen LogP contribution in [0.25, 0.3) is 33.3 Å². The van der Waals surface area contributed by atoms with Gasteiger partial charge in [0, 0.05) is 5.56 Å². The Bertz CT molecular complexity index is 1180. The summed E-state index contributed by atoms with van der Waals surface area (Å²) in [6, 6.07) is 20.2. The lowest BCUT2D eigenvalue weighted by molar-refractivity contribution is -0.0272. The molecule has 0 aliphatic carbocycles. The fourth-order valence-corrected chi connectivity index (χ4v) is 3.23. The van der Waals surface area contributed by atoms with E-state index >= 15 is 0 Å². The summed E-state index contributed by atoms with van der Waals surface area (Å²) in [4.78, 5) is 16.7. The highest BCUT2D eigenvalue weighted by atomic mass is 17.0. The number of anilines is 1. The van der Waals surface area contributed by atoms with E-state index in [1.807, 2.05) is 64.1 Å². The largest absolute Gasteiger partial charge is 0.436 e. The van der Waals surface area contributed by atoms with Gasteiger partial charge < -0.3 is 4.42 Å². The number of oxazole rings is 1. The van der Waals surface area contributed by atoms with Crippen molar-refractivity contribution in [3.63, 3.8) is 0 Å². The van der Waals surface area contributed by atoms with Gasteiger partial charge in [-0.15, -0.1) is 5.23 Å². The summed E-state index contributed by atoms with van der Waals surface area (Å²) in [5.41, 5.74) is 2.33. The smallest absolute Gasteiger partial charge is 0.227 e. The Balaban J connectivity index is 1.52. The molecule has 0 unspecified atom stereocenters. The molecule has 0 radical (unpaired) electrons. The Labute approximate surface area is 163 Å². The zero-order valence-electron chi connectivity index (χ0n) is 16.4. The molecule has 1 aliphatic rings. The number of benzene rings is 3. The van der Waals surface area contributed by atoms with Gasteiger partial charge in [-0.05, 0) is 68.8 Å². The van der Waals surface area contributed by atoms with E-state index in [1.54, 1.807) is 0 Å². The van der Waals surface area contributed by atoms with Crippen LogP contribution in [0.2, 0.25) is 0 Å². The fourth-order valence-electron chi connectivity index (χ4n) is 3.23. The van der Waals surface area contributed by atoms with Crippen LogP contribution in [-0.2, 0) is 9.68 Å². The predicted octanol–water partition coefficient (Wildman–Crippen LogP) is 5.89. The quantitative estimate of drug-likeness (QED) is 0.438. The van der Waals surface area contributed by atoms with E-state index in [0.29, 0.717) is 5.89 Å². The molecule has 1 aromatic heterocycles. The summed E-state index contributed by atoms with van der Waals surface area (Å²) >= 11 is 0. The van der Waals surface area contributed by atoms with E-state index in [-0.39, 0.29) is 0 Å². The summed E-state index contributed by atoms with van der Waals surface area (Å²) in [7, 11) is 0. The molecule has 0 bridgehead atoms. The van der Waals surface area contributed by atoms with Crippen LogP contribution in [0.4, 0.5) is 5.69 Å². The van der Waals surface area contributed by atoms with Crippen LogP contribution in [0.5, 0.6) is 0 Å². The minimum atomic E-state index is -0.442. The van der Waals surface area contributed by atoms with Crippen LogP contribution in [-0.4, -0.2) is 16.2 Å². The van der Waals surface area contributed by atoms with E-state index in [9.17, 15) is 0 Å². The molecule has 0 spiro atoms. The first-order valence-corrected chi connectivity index (χ1v) is 9.41. The monoisotopic (exact) mass is 374 g/mol. The summed E-state index contributed by atoms with van der Waals surface area (Å²) < 4.78 is 5.99. The molecule has 3 aromatic carbocycles. The summed E-state index contributed by atoms with van der Waals surface area (Å²) in [5, 5.41) is 3.83. The van der Waals surface area contributed by atoms with Gasteiger partial charge >= 0.3 is 0 Å². The molecular weight excluding hydrogens is 352 g/mol. The predicted molar refractivity (Wildman–Crippen MR) is 110 cm³/mol. The lowest BCUT2D eigenvalue weighted by atomic mass is 9.90. The second-order valence-corrected chi connectivity index (χ2v) is 8.19. The molecule has 5 rings (SSSR count). The topological polar surface area (TPSA) is 47.7 Å². The number of rotatable bonds is 2. The van der Waals surface area contributed by atoms with Gasteiger partial charge in [0.25, 0.3) is 0 Å². The summed E-state index contributed by atoms with van der Waals surface area (Å²) in [6.07, 6.45) is 0. The average Bonchev–Trinajstić information content (AvgIpc) is 3.18. The highest BCUT2D eigenvalue weighted by Gasteiger charge is 2.50. The van der Waals surface area contributed by atoms with Crippen molar-refractivity contribution < 1.29 is 14.1 Å². The van der Waals surface area contributed by atoms with Gasteiger partial charge in [-0.2, -0.15) is 0 Å². The van der Waals surface area contributed by atoms with Crippen molar-refractivity contribution in [3.05, 3.63) is 60.7 Å². The summed E-state index contributed by atoms with van der Waals surface area (Å²) in [6.45, 7) is 8.05. The van der Waals surface area contributed by atoms with Crippen molar-refractivity contribution in [2.75, 3.05) is 5.23 Å². The molecular formula is C23H22N2O3. The first-order valence-electron chi connectivity index (χ1n) is 9.41. The third-order valence-corrected chi connectivity index (χ3v) is 5.65. The first-order chi connectivity index (χ1) is 13.3. The molecule has 2 heterocycles. The lowest BCUT2D eigenvalue weighted by Crippen LogP contribution is -2.41. The van der Waals surface area contributed by atoms with Gasteiger partial charge in [0.2, 0.25) is 5.89 Å². The van der Waals surface area contributed by atoms with Gasteiger partial charge in [-0.1, -0.05) is 30.3 Å². The second kappa shape index (κ2) is 5.80. The molecule has 1 aliphatic heterocycles. The van der Waals surface area contributed by atoms with Gasteiger partial charge in [0.1, 0.15) is 16.7 Å². The van der Waals surface area contributed by atoms with E-state index in [2.05, 4.69) is 24.3 Å². The van der Waals surface area contributed by atoms with Crippen LogP contribution < -0.4 is 5.23 Å². The van der Waals surface area contributed by atoms with Crippen LogP contribution in [0.3, 0.4) is 0 Å². The summed E-state index contributed by atoms with van der Waals surface area (Å²) in [5.74, 6) is 0.599. The van der Waals surface area contributed by atoms with Crippen molar-refractivity contribution in [1.82, 2.24) is 4.98 Å². The highest BCUT2D eigenvalue weighted by Crippen LogP contribution is 2.40. The minimum Gasteiger partial charge on any atom is -0.436 e. The Hall–Kier alpha value is -2.89. The third-order valence-electron chi connectivity index (χ3n) is 5.65. The lowest BCUT2D eigenvalue weighted by Gasteiger charge is -2.26. The van der Waals surface area contributed by atoms with Crippen LogP contribution in [0.1, 0.15) is 27.7 Å². The van der Waals surface area contributed by atoms with Gasteiger partial charge in [-0.25, -0.2) is 14.7 Å². The molecule has 5 heteroatoms. The van der Waals surface area contributed by atoms with Crippen molar-refractivity contribution in [2.45, 2.75) is 38.9 Å². The SMILES string of the molecule is CC1(C)ON(c2ccc3oc(-c4ccc5ccccc5c4)nc3c2)OC1(C)C. The van der Waals surface area contributed by atoms with Gasteiger partial charge in [-0.3, -0.25) is 0 Å². The van der Waals surface area contributed by atoms with Crippen LogP contribution in [0.15, 0.2) is 65.1 Å². The normalized spacial score (nSPS) is 18.2. The van der Waals surface area contributed by atoms with E-state index in [4.69, 9.17) is 19.1 Å². The third kappa shape index (κ3) is 2.66. The van der Waals surface area contributed by atoms with Crippen LogP contribution >= 0.6 is 0 Å². The standard InChI is InChI=1S/C23H22N2O3/c1-22(2)23(3,4)28-25(27-22)18-11-12-20-19(14-18)24-21(26-20)17-10-9-15-7-5-6-8-16(15)13-17/h5-14H,1-4H3. The first kappa shape index (κ1) is 17.2. The maximum Gasteiger partial charge on any atom is 0.227 e. The number of hydrogen-bond acceptors (Lipinski definition) is 5. The zero-order chi connectivity index (χ0) is 19.5. The minimum absolute atomic E-state index is 0.442. The maximum absolute atomic E-state index is 5.99. The van der Waals surface area contributed by atoms with Crippen LogP contribution in [0, 0.1) is 0 Å². The highest BCUT2D eigenvalue weighted by molar-refractivity contribution is 5.87. The Morgan fingerprint density at radius 2 is 1.50 bits per heavy atom. The van der Waals surface area contributed by atoms with Gasteiger partial charge in [0.05, 0.1) is 5.69 Å². The Morgan fingerprint density at radius 1 is 0.786 bits per heavy atom. The van der Waals surface area contributed by atoms with Gasteiger partial charge in [0.15, 0.2) is 5.58 Å². The van der Waals surface area contributed by atoms with E-state index in [1.165, 1.54) is 10.6 Å². The maximum atomic E-state index is 5.99. The number of fused-ring (bicyclic) bond motifs is 2. The molecule has 5 nitrogen and oxygen atoms in total. The zero-order valence-corrected chi connectivity index (χ0v) is 16.4. The van der Waals surface area contributed by atoms with E-state index in [0.717, 1.165) is 27.7 Å². The second-order valence-electron chi connectivity index (χ2n) is 8.19. The van der Waals surface area contributed by atoms with Crippen molar-refractivity contribution in [2.24, 2.45) is 0 Å². The van der Waals surface area contributed by atoms with E-state index < -0.39 is 11.2 Å². The molecule has 28 heavy (non-hydrogen) atoms. The molecule has 142 valence electrons. The molecule has 4 aromatic rings. The van der Waals surface area contributed by atoms with Crippen molar-refractivity contribution in [3.8, 4) is 11.5 Å². The average molecular weight is 374 g/mol. The molecule has 0 N–H and O–H groups in total. The number of aromatic nitrogens is 1. The molecule has 0 atom stereocenters. The fraction of sp³-hybridized carbons (Fsp3) is 0.261. The number of nitrogens with zero attached hydrogens (tertiary/aromatic N) is 2. The van der Waals surface area contributed by atoms with Crippen molar-refractivity contribution >= 4 is 27.6 Å².